The Hall–Kier alpha value is -1.36. The first-order valence-electron chi connectivity index (χ1n) is 4.96. The van der Waals surface area contributed by atoms with Crippen molar-refractivity contribution in [2.45, 2.75) is 33.4 Å². The highest BCUT2D eigenvalue weighted by Gasteiger charge is 2.16. The van der Waals surface area contributed by atoms with Crippen LogP contribution in [-0.4, -0.2) is 17.1 Å². The number of aromatic nitrogens is 1. The van der Waals surface area contributed by atoms with Crippen LogP contribution < -0.4 is 11.1 Å². The number of carbonyl (C=O) groups excluding carboxylic acids is 1. The van der Waals surface area contributed by atoms with Crippen LogP contribution in [-0.2, 0) is 11.3 Å². The molecule has 0 saturated carbocycles. The van der Waals surface area contributed by atoms with E-state index >= 15 is 0 Å². The van der Waals surface area contributed by atoms with Crippen molar-refractivity contribution < 1.29 is 9.32 Å². The van der Waals surface area contributed by atoms with Gasteiger partial charge in [0.2, 0.25) is 5.91 Å². The van der Waals surface area contributed by atoms with E-state index in [1.807, 2.05) is 13.8 Å². The van der Waals surface area contributed by atoms with E-state index in [4.69, 9.17) is 10.3 Å². The molecule has 0 fully saturated rings. The van der Waals surface area contributed by atoms with Crippen LogP contribution in [0.2, 0.25) is 0 Å². The molecule has 84 valence electrons. The Morgan fingerprint density at radius 3 is 2.80 bits per heavy atom. The van der Waals surface area contributed by atoms with E-state index in [9.17, 15) is 4.79 Å². The molecule has 2 atom stereocenters. The van der Waals surface area contributed by atoms with Gasteiger partial charge in [-0.25, -0.2) is 0 Å². The van der Waals surface area contributed by atoms with Crippen LogP contribution in [0.3, 0.4) is 0 Å². The van der Waals surface area contributed by atoms with Gasteiger partial charge in [0.25, 0.3) is 0 Å². The Labute approximate surface area is 89.0 Å². The summed E-state index contributed by atoms with van der Waals surface area (Å²) < 4.78 is 4.96. The van der Waals surface area contributed by atoms with Gasteiger partial charge in [-0.3, -0.25) is 4.79 Å². The predicted molar refractivity (Wildman–Crippen MR) is 55.9 cm³/mol. The summed E-state index contributed by atoms with van der Waals surface area (Å²) in [7, 11) is 0. The lowest BCUT2D eigenvalue weighted by atomic mass is 10.0. The normalized spacial score (nSPS) is 14.7. The summed E-state index contributed by atoms with van der Waals surface area (Å²) in [4.78, 5) is 11.5. The lowest BCUT2D eigenvalue weighted by Gasteiger charge is -2.14. The van der Waals surface area contributed by atoms with Gasteiger partial charge in [-0.15, -0.1) is 0 Å². The average Bonchev–Trinajstić information content (AvgIpc) is 2.59. The fourth-order valence-electron chi connectivity index (χ4n) is 1.07. The third-order valence-corrected chi connectivity index (χ3v) is 2.32. The third kappa shape index (κ3) is 3.36. The van der Waals surface area contributed by atoms with Gasteiger partial charge in [0.1, 0.15) is 0 Å². The lowest BCUT2D eigenvalue weighted by molar-refractivity contribution is -0.125. The summed E-state index contributed by atoms with van der Waals surface area (Å²) in [6, 6.07) is 1.64. The van der Waals surface area contributed by atoms with Crippen LogP contribution in [0.1, 0.15) is 25.3 Å². The van der Waals surface area contributed by atoms with Crippen LogP contribution in [0.15, 0.2) is 10.6 Å². The highest BCUT2D eigenvalue weighted by atomic mass is 16.5. The van der Waals surface area contributed by atoms with Crippen molar-refractivity contribution in [3.05, 3.63) is 17.5 Å². The molecular formula is C10H17N3O2. The van der Waals surface area contributed by atoms with Gasteiger partial charge in [-0.1, -0.05) is 12.1 Å². The maximum atomic E-state index is 11.5. The standard InChI is InChI=1S/C10H17N3O2/c1-6-4-9(15-13-6)5-12-10(14)7(2)8(3)11/h4,7-8H,5,11H2,1-3H3,(H,12,14). The van der Waals surface area contributed by atoms with Crippen LogP contribution in [0.5, 0.6) is 0 Å². The number of hydrogen-bond acceptors (Lipinski definition) is 4. The van der Waals surface area contributed by atoms with Crippen molar-refractivity contribution in [2.75, 3.05) is 0 Å². The van der Waals surface area contributed by atoms with Gasteiger partial charge in [0.15, 0.2) is 5.76 Å². The van der Waals surface area contributed by atoms with Crippen LogP contribution in [0, 0.1) is 12.8 Å². The molecule has 1 heterocycles. The van der Waals surface area contributed by atoms with E-state index in [1.54, 1.807) is 13.0 Å². The molecule has 0 radical (unpaired) electrons. The van der Waals surface area contributed by atoms with Crippen LogP contribution in [0.25, 0.3) is 0 Å². The first-order valence-corrected chi connectivity index (χ1v) is 4.96. The first kappa shape index (κ1) is 11.7. The molecule has 15 heavy (non-hydrogen) atoms. The van der Waals surface area contributed by atoms with Crippen molar-refractivity contribution in [3.8, 4) is 0 Å². The number of carbonyl (C=O) groups is 1. The van der Waals surface area contributed by atoms with Gasteiger partial charge in [0, 0.05) is 18.0 Å². The number of nitrogens with one attached hydrogen (secondary N) is 1. The number of aryl methyl sites for hydroxylation is 1. The number of amides is 1. The maximum Gasteiger partial charge on any atom is 0.224 e. The number of hydrogen-bond donors (Lipinski definition) is 2. The Morgan fingerprint density at radius 2 is 2.33 bits per heavy atom. The summed E-state index contributed by atoms with van der Waals surface area (Å²) in [5.74, 6) is 0.380. The zero-order valence-electron chi connectivity index (χ0n) is 9.28. The van der Waals surface area contributed by atoms with Crippen molar-refractivity contribution >= 4 is 5.91 Å². The Morgan fingerprint density at radius 1 is 1.67 bits per heavy atom. The highest BCUT2D eigenvalue weighted by Crippen LogP contribution is 2.03. The molecule has 0 aliphatic carbocycles. The minimum absolute atomic E-state index is 0.0703. The molecule has 1 rings (SSSR count). The molecule has 1 aromatic rings. The van der Waals surface area contributed by atoms with Crippen molar-refractivity contribution in [2.24, 2.45) is 11.7 Å². The number of nitrogens with two attached hydrogens (primary N) is 1. The zero-order valence-corrected chi connectivity index (χ0v) is 9.28. The molecule has 0 saturated heterocycles. The lowest BCUT2D eigenvalue weighted by Crippen LogP contribution is -2.38. The first-order chi connectivity index (χ1) is 7.00. The van der Waals surface area contributed by atoms with E-state index in [0.717, 1.165) is 5.69 Å². The molecule has 0 aromatic carbocycles. The quantitative estimate of drug-likeness (QED) is 0.763. The van der Waals surface area contributed by atoms with E-state index in [-0.39, 0.29) is 17.9 Å². The summed E-state index contributed by atoms with van der Waals surface area (Å²) in [5, 5.41) is 6.46. The monoisotopic (exact) mass is 211 g/mol. The summed E-state index contributed by atoms with van der Waals surface area (Å²) in [6.07, 6.45) is 0. The van der Waals surface area contributed by atoms with Gasteiger partial charge in [0.05, 0.1) is 12.2 Å². The van der Waals surface area contributed by atoms with E-state index in [0.29, 0.717) is 12.3 Å². The summed E-state index contributed by atoms with van der Waals surface area (Å²) >= 11 is 0. The van der Waals surface area contributed by atoms with Crippen molar-refractivity contribution in [1.82, 2.24) is 10.5 Å². The van der Waals surface area contributed by atoms with Crippen molar-refractivity contribution in [3.63, 3.8) is 0 Å². The second-order valence-corrected chi connectivity index (χ2v) is 3.80. The molecule has 0 aliphatic rings. The van der Waals surface area contributed by atoms with Crippen LogP contribution >= 0.6 is 0 Å². The molecule has 2 unspecified atom stereocenters. The Balaban J connectivity index is 2.40. The van der Waals surface area contributed by atoms with Crippen LogP contribution in [0.4, 0.5) is 0 Å². The van der Waals surface area contributed by atoms with Crippen molar-refractivity contribution in [1.29, 1.82) is 0 Å². The zero-order chi connectivity index (χ0) is 11.4. The highest BCUT2D eigenvalue weighted by molar-refractivity contribution is 5.78. The molecule has 3 N–H and O–H groups in total. The third-order valence-electron chi connectivity index (χ3n) is 2.32. The van der Waals surface area contributed by atoms with Gasteiger partial charge in [-0.2, -0.15) is 0 Å². The van der Waals surface area contributed by atoms with Gasteiger partial charge < -0.3 is 15.6 Å². The molecular weight excluding hydrogens is 194 g/mol. The summed E-state index contributed by atoms with van der Waals surface area (Å²) in [6.45, 7) is 5.80. The molecule has 5 nitrogen and oxygen atoms in total. The number of rotatable bonds is 4. The second kappa shape index (κ2) is 4.93. The van der Waals surface area contributed by atoms with E-state index in [1.165, 1.54) is 0 Å². The fraction of sp³-hybridized carbons (Fsp3) is 0.600. The minimum Gasteiger partial charge on any atom is -0.359 e. The molecule has 1 amide bonds. The molecule has 0 aliphatic heterocycles. The average molecular weight is 211 g/mol. The maximum absolute atomic E-state index is 11.5. The minimum atomic E-state index is -0.200. The van der Waals surface area contributed by atoms with Gasteiger partial charge >= 0.3 is 0 Å². The fourth-order valence-corrected chi connectivity index (χ4v) is 1.07. The Bertz CT molecular complexity index is 333. The van der Waals surface area contributed by atoms with E-state index < -0.39 is 0 Å². The largest absolute Gasteiger partial charge is 0.359 e. The Kier molecular flexibility index (Phi) is 3.85. The molecule has 0 bridgehead atoms. The topological polar surface area (TPSA) is 81.2 Å². The molecule has 0 spiro atoms. The van der Waals surface area contributed by atoms with Gasteiger partial charge in [-0.05, 0) is 13.8 Å². The SMILES string of the molecule is Cc1cc(CNC(=O)C(C)C(C)N)on1. The number of nitrogens with zero attached hydrogens (tertiary/aromatic N) is 1. The summed E-state index contributed by atoms with van der Waals surface area (Å²) in [5.41, 5.74) is 6.42. The molecule has 1 aromatic heterocycles. The smallest absolute Gasteiger partial charge is 0.224 e. The molecule has 5 heteroatoms. The van der Waals surface area contributed by atoms with E-state index in [2.05, 4.69) is 10.5 Å². The second-order valence-electron chi connectivity index (χ2n) is 3.80. The predicted octanol–water partition coefficient (Wildman–Crippen LogP) is 0.583.